The maximum Gasteiger partial charge on any atom is 0.0620 e. The number of hydrogen-bond acceptors (Lipinski definition) is 3. The summed E-state index contributed by atoms with van der Waals surface area (Å²) in [5.74, 6) is 0.866. The molecule has 2 aliphatic rings. The number of likely N-dealkylation sites (tertiary alicyclic amines) is 1. The number of nitrogens with zero attached hydrogens (tertiary/aromatic N) is 1. The Bertz CT molecular complexity index is 157. The molecule has 3 heteroatoms. The third kappa shape index (κ3) is 2.66. The summed E-state index contributed by atoms with van der Waals surface area (Å²) in [5.41, 5.74) is 0. The van der Waals surface area contributed by atoms with E-state index in [2.05, 4.69) is 17.3 Å². The van der Waals surface area contributed by atoms with Crippen LogP contribution in [0.3, 0.4) is 0 Å². The van der Waals surface area contributed by atoms with Gasteiger partial charge in [0.1, 0.15) is 0 Å². The van der Waals surface area contributed by atoms with Crippen LogP contribution in [-0.2, 0) is 4.74 Å². The first-order valence-electron chi connectivity index (χ1n) is 5.34. The highest BCUT2D eigenvalue weighted by Crippen LogP contribution is 2.14. The van der Waals surface area contributed by atoms with Crippen molar-refractivity contribution in [1.82, 2.24) is 10.2 Å². The average molecular weight is 184 g/mol. The molecule has 0 bridgehead atoms. The van der Waals surface area contributed by atoms with Crippen LogP contribution in [0.4, 0.5) is 0 Å². The van der Waals surface area contributed by atoms with Gasteiger partial charge in [0.15, 0.2) is 0 Å². The van der Waals surface area contributed by atoms with E-state index in [9.17, 15) is 0 Å². The Kier molecular flexibility index (Phi) is 3.19. The summed E-state index contributed by atoms with van der Waals surface area (Å²) in [5, 5.41) is 3.59. The summed E-state index contributed by atoms with van der Waals surface area (Å²) in [4.78, 5) is 2.41. The molecule has 2 saturated heterocycles. The minimum atomic E-state index is 0.630. The van der Waals surface area contributed by atoms with Gasteiger partial charge in [0, 0.05) is 19.2 Å². The lowest BCUT2D eigenvalue weighted by atomic mass is 10.1. The first-order chi connectivity index (χ1) is 6.34. The first-order valence-corrected chi connectivity index (χ1v) is 5.34. The molecule has 2 heterocycles. The molecule has 1 N–H and O–H groups in total. The Morgan fingerprint density at radius 1 is 1.46 bits per heavy atom. The van der Waals surface area contributed by atoms with Crippen molar-refractivity contribution in [2.45, 2.75) is 18.9 Å². The van der Waals surface area contributed by atoms with E-state index in [-0.39, 0.29) is 0 Å². The van der Waals surface area contributed by atoms with Gasteiger partial charge in [0.2, 0.25) is 0 Å². The highest BCUT2D eigenvalue weighted by atomic mass is 16.5. The fraction of sp³-hybridized carbons (Fsp3) is 1.00. The summed E-state index contributed by atoms with van der Waals surface area (Å²) in [6.07, 6.45) is 2.56. The van der Waals surface area contributed by atoms with Crippen LogP contribution in [-0.4, -0.2) is 50.8 Å². The van der Waals surface area contributed by atoms with Gasteiger partial charge in [0.25, 0.3) is 0 Å². The van der Waals surface area contributed by atoms with Gasteiger partial charge >= 0.3 is 0 Å². The zero-order chi connectivity index (χ0) is 9.10. The second-order valence-electron chi connectivity index (χ2n) is 4.39. The molecule has 0 aromatic rings. The van der Waals surface area contributed by atoms with Gasteiger partial charge in [-0.3, -0.25) is 0 Å². The standard InChI is InChI=1S/C10H20N2O/c1-12-4-2-9(7-12)6-11-10-3-5-13-8-10/h9-11H,2-8H2,1H3. The topological polar surface area (TPSA) is 24.5 Å². The predicted octanol–water partition coefficient (Wildman–Crippen LogP) is 0.317. The highest BCUT2D eigenvalue weighted by molar-refractivity contribution is 4.78. The van der Waals surface area contributed by atoms with Gasteiger partial charge in [-0.1, -0.05) is 0 Å². The smallest absolute Gasteiger partial charge is 0.0620 e. The summed E-state index contributed by atoms with van der Waals surface area (Å²) < 4.78 is 5.32. The van der Waals surface area contributed by atoms with Crippen molar-refractivity contribution < 1.29 is 4.74 Å². The van der Waals surface area contributed by atoms with Crippen molar-refractivity contribution in [3.8, 4) is 0 Å². The number of rotatable bonds is 3. The van der Waals surface area contributed by atoms with Crippen molar-refractivity contribution in [3.63, 3.8) is 0 Å². The molecule has 0 aromatic carbocycles. The SMILES string of the molecule is CN1CCC(CNC2CCOC2)C1. The summed E-state index contributed by atoms with van der Waals surface area (Å²) in [7, 11) is 2.21. The Hall–Kier alpha value is -0.120. The fourth-order valence-corrected chi connectivity index (χ4v) is 2.22. The highest BCUT2D eigenvalue weighted by Gasteiger charge is 2.21. The maximum atomic E-state index is 5.32. The van der Waals surface area contributed by atoms with Gasteiger partial charge in [-0.25, -0.2) is 0 Å². The van der Waals surface area contributed by atoms with Crippen molar-refractivity contribution in [2.75, 3.05) is 39.9 Å². The molecule has 2 unspecified atom stereocenters. The van der Waals surface area contributed by atoms with Crippen LogP contribution in [0.1, 0.15) is 12.8 Å². The van der Waals surface area contributed by atoms with Crippen molar-refractivity contribution in [1.29, 1.82) is 0 Å². The predicted molar refractivity (Wildman–Crippen MR) is 52.8 cm³/mol. The van der Waals surface area contributed by atoms with Crippen molar-refractivity contribution >= 4 is 0 Å². The zero-order valence-corrected chi connectivity index (χ0v) is 8.46. The number of hydrogen-bond donors (Lipinski definition) is 1. The molecule has 0 aliphatic carbocycles. The molecule has 76 valence electrons. The largest absolute Gasteiger partial charge is 0.380 e. The maximum absolute atomic E-state index is 5.32. The molecule has 2 fully saturated rings. The van der Waals surface area contributed by atoms with Gasteiger partial charge in [-0.15, -0.1) is 0 Å². The molecule has 2 rings (SSSR count). The van der Waals surface area contributed by atoms with Crippen molar-refractivity contribution in [3.05, 3.63) is 0 Å². The third-order valence-corrected chi connectivity index (χ3v) is 3.11. The van der Waals surface area contributed by atoms with E-state index in [0.717, 1.165) is 19.1 Å². The van der Waals surface area contributed by atoms with Crippen LogP contribution in [0.5, 0.6) is 0 Å². The molecule has 2 aliphatic heterocycles. The fourth-order valence-electron chi connectivity index (χ4n) is 2.22. The average Bonchev–Trinajstić information content (AvgIpc) is 2.71. The third-order valence-electron chi connectivity index (χ3n) is 3.11. The van der Waals surface area contributed by atoms with Crippen LogP contribution in [0, 0.1) is 5.92 Å². The molecular formula is C10H20N2O. The molecule has 2 atom stereocenters. The molecule has 13 heavy (non-hydrogen) atoms. The molecule has 0 aromatic heterocycles. The van der Waals surface area contributed by atoms with Crippen molar-refractivity contribution in [2.24, 2.45) is 5.92 Å². The summed E-state index contributed by atoms with van der Waals surface area (Å²) in [6.45, 7) is 5.58. The van der Waals surface area contributed by atoms with Gasteiger partial charge in [0.05, 0.1) is 6.61 Å². The monoisotopic (exact) mass is 184 g/mol. The molecule has 0 radical (unpaired) electrons. The van der Waals surface area contributed by atoms with Crippen LogP contribution in [0.15, 0.2) is 0 Å². The van der Waals surface area contributed by atoms with E-state index in [0.29, 0.717) is 6.04 Å². The van der Waals surface area contributed by atoms with Gasteiger partial charge in [-0.05, 0) is 38.9 Å². The van der Waals surface area contributed by atoms with E-state index in [1.54, 1.807) is 0 Å². The minimum absolute atomic E-state index is 0.630. The first kappa shape index (κ1) is 9.44. The second-order valence-corrected chi connectivity index (χ2v) is 4.39. The Morgan fingerprint density at radius 3 is 3.00 bits per heavy atom. The van der Waals surface area contributed by atoms with Crippen LogP contribution in [0.25, 0.3) is 0 Å². The normalized spacial score (nSPS) is 35.8. The zero-order valence-electron chi connectivity index (χ0n) is 8.46. The lowest BCUT2D eigenvalue weighted by molar-refractivity contribution is 0.189. The van der Waals surface area contributed by atoms with Crippen LogP contribution >= 0.6 is 0 Å². The van der Waals surface area contributed by atoms with E-state index in [1.165, 1.54) is 32.5 Å². The quantitative estimate of drug-likeness (QED) is 0.683. The van der Waals surface area contributed by atoms with Gasteiger partial charge < -0.3 is 15.0 Å². The number of ether oxygens (including phenoxy) is 1. The lowest BCUT2D eigenvalue weighted by Crippen LogP contribution is -2.34. The van der Waals surface area contributed by atoms with Crippen LogP contribution < -0.4 is 5.32 Å². The van der Waals surface area contributed by atoms with Gasteiger partial charge in [-0.2, -0.15) is 0 Å². The Balaban J connectivity index is 1.62. The van der Waals surface area contributed by atoms with E-state index in [4.69, 9.17) is 4.74 Å². The van der Waals surface area contributed by atoms with E-state index >= 15 is 0 Å². The molecule has 0 saturated carbocycles. The lowest BCUT2D eigenvalue weighted by Gasteiger charge is -2.15. The number of nitrogens with one attached hydrogen (secondary N) is 1. The molecule has 0 amide bonds. The van der Waals surface area contributed by atoms with E-state index < -0.39 is 0 Å². The second kappa shape index (κ2) is 4.40. The summed E-state index contributed by atoms with van der Waals surface area (Å²) >= 11 is 0. The van der Waals surface area contributed by atoms with Crippen LogP contribution in [0.2, 0.25) is 0 Å². The Labute approximate surface area is 80.4 Å². The Morgan fingerprint density at radius 2 is 2.38 bits per heavy atom. The minimum Gasteiger partial charge on any atom is -0.380 e. The molecule has 0 spiro atoms. The molecular weight excluding hydrogens is 164 g/mol. The summed E-state index contributed by atoms with van der Waals surface area (Å²) in [6, 6.07) is 0.630. The van der Waals surface area contributed by atoms with E-state index in [1.807, 2.05) is 0 Å². The molecule has 3 nitrogen and oxygen atoms in total.